The number of halogens is 3. The van der Waals surface area contributed by atoms with E-state index in [9.17, 15) is 13.2 Å². The maximum atomic E-state index is 14.4. The molecule has 4 aromatic rings. The summed E-state index contributed by atoms with van der Waals surface area (Å²) in [5.41, 5.74) is 2.44. The summed E-state index contributed by atoms with van der Waals surface area (Å²) in [4.78, 5) is 8.34. The number of alkyl halides is 2. The van der Waals surface area contributed by atoms with E-state index in [1.165, 1.54) is 18.6 Å². The summed E-state index contributed by atoms with van der Waals surface area (Å²) >= 11 is 0. The molecule has 0 spiro atoms. The maximum Gasteiger partial charge on any atom is 0.280 e. The van der Waals surface area contributed by atoms with Gasteiger partial charge in [0.15, 0.2) is 5.65 Å². The molecule has 31 heavy (non-hydrogen) atoms. The molecule has 0 atom stereocenters. The fourth-order valence-electron chi connectivity index (χ4n) is 3.78. The topological polar surface area (TPSA) is 77.2 Å². The van der Waals surface area contributed by atoms with Crippen molar-refractivity contribution < 1.29 is 17.9 Å². The Labute approximate surface area is 174 Å². The first-order valence-corrected chi connectivity index (χ1v) is 9.64. The summed E-state index contributed by atoms with van der Waals surface area (Å²) in [7, 11) is 0. The van der Waals surface area contributed by atoms with Crippen LogP contribution in [0.4, 0.5) is 19.1 Å². The van der Waals surface area contributed by atoms with Gasteiger partial charge < -0.3 is 10.1 Å². The number of aromatic nitrogens is 5. The highest BCUT2D eigenvalue weighted by atomic mass is 19.3. The van der Waals surface area contributed by atoms with Crippen molar-refractivity contribution in [2.45, 2.75) is 26.3 Å². The van der Waals surface area contributed by atoms with Crippen LogP contribution in [0.15, 0.2) is 36.8 Å². The summed E-state index contributed by atoms with van der Waals surface area (Å²) in [6, 6.07) is 6.23. The van der Waals surface area contributed by atoms with Gasteiger partial charge in [0.2, 0.25) is 5.95 Å². The number of benzene rings is 1. The second-order valence-corrected chi connectivity index (χ2v) is 7.16. The van der Waals surface area contributed by atoms with Crippen molar-refractivity contribution in [1.82, 2.24) is 24.6 Å². The molecule has 5 rings (SSSR count). The van der Waals surface area contributed by atoms with Crippen molar-refractivity contribution in [3.05, 3.63) is 65.1 Å². The minimum Gasteiger partial charge on any atom is -0.493 e. The Bertz CT molecular complexity index is 1290. The van der Waals surface area contributed by atoms with E-state index in [0.717, 1.165) is 5.56 Å². The lowest BCUT2D eigenvalue weighted by Gasteiger charge is -2.14. The molecule has 0 saturated carbocycles. The minimum absolute atomic E-state index is 0.173. The number of fused-ring (bicyclic) bond motifs is 2. The molecule has 0 aliphatic carbocycles. The molecule has 0 radical (unpaired) electrons. The van der Waals surface area contributed by atoms with E-state index in [1.807, 2.05) is 0 Å². The molecular weight excluding hydrogens is 409 g/mol. The smallest absolute Gasteiger partial charge is 0.280 e. The van der Waals surface area contributed by atoms with E-state index < -0.39 is 6.43 Å². The lowest BCUT2D eigenvalue weighted by molar-refractivity contribution is 0.146. The largest absolute Gasteiger partial charge is 0.493 e. The molecule has 0 fully saturated rings. The van der Waals surface area contributed by atoms with Crippen molar-refractivity contribution in [3.8, 4) is 16.9 Å². The third kappa shape index (κ3) is 3.33. The second-order valence-electron chi connectivity index (χ2n) is 7.16. The zero-order valence-corrected chi connectivity index (χ0v) is 16.4. The third-order valence-electron chi connectivity index (χ3n) is 5.26. The van der Waals surface area contributed by atoms with Gasteiger partial charge in [-0.3, -0.25) is 9.38 Å². The highest BCUT2D eigenvalue weighted by molar-refractivity contribution is 5.79. The van der Waals surface area contributed by atoms with Crippen LogP contribution in [0.1, 0.15) is 28.9 Å². The van der Waals surface area contributed by atoms with Crippen LogP contribution >= 0.6 is 0 Å². The number of ether oxygens (including phenoxy) is 1. The van der Waals surface area contributed by atoms with Crippen LogP contribution in [0.25, 0.3) is 16.8 Å². The fourth-order valence-corrected chi connectivity index (χ4v) is 3.78. The first kappa shape index (κ1) is 19.3. The molecule has 158 valence electrons. The second kappa shape index (κ2) is 7.53. The molecule has 3 aromatic heterocycles. The number of nitrogens with zero attached hydrogens (tertiary/aromatic N) is 5. The number of aryl methyl sites for hydroxylation is 1. The predicted molar refractivity (Wildman–Crippen MR) is 107 cm³/mol. The molecule has 7 nitrogen and oxygen atoms in total. The van der Waals surface area contributed by atoms with Crippen molar-refractivity contribution in [2.24, 2.45) is 0 Å². The minimum atomic E-state index is -2.75. The average Bonchev–Trinajstić information content (AvgIpc) is 3.43. The summed E-state index contributed by atoms with van der Waals surface area (Å²) in [5, 5.41) is 11.1. The molecule has 0 amide bonds. The van der Waals surface area contributed by atoms with E-state index in [4.69, 9.17) is 4.74 Å². The Kier molecular flexibility index (Phi) is 4.68. The zero-order valence-electron chi connectivity index (χ0n) is 16.4. The number of nitrogens with one attached hydrogen (secondary N) is 1. The van der Waals surface area contributed by atoms with Crippen LogP contribution in [-0.4, -0.2) is 31.2 Å². The van der Waals surface area contributed by atoms with Gasteiger partial charge in [0, 0.05) is 47.1 Å². The maximum absolute atomic E-state index is 14.4. The molecule has 10 heteroatoms. The van der Waals surface area contributed by atoms with Crippen LogP contribution in [0, 0.1) is 12.7 Å². The van der Waals surface area contributed by atoms with Crippen molar-refractivity contribution in [1.29, 1.82) is 0 Å². The average molecular weight is 426 g/mol. The third-order valence-corrected chi connectivity index (χ3v) is 5.26. The van der Waals surface area contributed by atoms with E-state index in [0.29, 0.717) is 47.2 Å². The summed E-state index contributed by atoms with van der Waals surface area (Å²) < 4.78 is 48.6. The quantitative estimate of drug-likeness (QED) is 0.517. The van der Waals surface area contributed by atoms with Gasteiger partial charge in [0.05, 0.1) is 6.61 Å². The van der Waals surface area contributed by atoms with Gasteiger partial charge in [-0.05, 0) is 25.1 Å². The Hall–Kier alpha value is -3.69. The van der Waals surface area contributed by atoms with E-state index in [-0.39, 0.29) is 23.6 Å². The van der Waals surface area contributed by atoms with Gasteiger partial charge in [0.25, 0.3) is 6.43 Å². The summed E-state index contributed by atoms with van der Waals surface area (Å²) in [5.74, 6) is 0.710. The number of pyridine rings is 1. The monoisotopic (exact) mass is 426 g/mol. The van der Waals surface area contributed by atoms with Crippen LogP contribution in [0.3, 0.4) is 0 Å². The molecular formula is C21H17F3N6O. The molecule has 1 aromatic carbocycles. The highest BCUT2D eigenvalue weighted by Gasteiger charge is 2.22. The van der Waals surface area contributed by atoms with Crippen molar-refractivity contribution >= 4 is 11.6 Å². The van der Waals surface area contributed by atoms with Gasteiger partial charge in [-0.1, -0.05) is 6.07 Å². The number of rotatable bonds is 5. The molecule has 4 heterocycles. The summed E-state index contributed by atoms with van der Waals surface area (Å²) in [6.45, 7) is 2.34. The van der Waals surface area contributed by atoms with Gasteiger partial charge >= 0.3 is 0 Å². The SMILES string of the molecule is Cc1ccc(-c2cnc(NCc3c(F)ccc4c3CCO4)n3cnnc23)c(C(F)F)n1. The van der Waals surface area contributed by atoms with E-state index in [2.05, 4.69) is 25.5 Å². The molecule has 1 aliphatic heterocycles. The molecule has 1 N–H and O–H groups in total. The predicted octanol–water partition coefficient (Wildman–Crippen LogP) is 4.12. The van der Waals surface area contributed by atoms with Gasteiger partial charge in [-0.2, -0.15) is 0 Å². The van der Waals surface area contributed by atoms with Gasteiger partial charge in [0.1, 0.15) is 23.6 Å². The van der Waals surface area contributed by atoms with Crippen LogP contribution in [-0.2, 0) is 13.0 Å². The van der Waals surface area contributed by atoms with E-state index in [1.54, 1.807) is 29.5 Å². The first-order chi connectivity index (χ1) is 15.0. The van der Waals surface area contributed by atoms with Crippen molar-refractivity contribution in [2.75, 3.05) is 11.9 Å². The normalized spacial score (nSPS) is 12.9. The Morgan fingerprint density at radius 2 is 2.06 bits per heavy atom. The highest BCUT2D eigenvalue weighted by Crippen LogP contribution is 2.33. The molecule has 1 aliphatic rings. The van der Waals surface area contributed by atoms with Crippen molar-refractivity contribution in [3.63, 3.8) is 0 Å². The Morgan fingerprint density at radius 3 is 2.90 bits per heavy atom. The molecule has 0 saturated heterocycles. The standard InChI is InChI=1S/C21H17F3N6O/c1-11-2-3-13(18(28-11)19(23)24)15-9-26-21(30-10-27-29-20(15)30)25-8-14-12-6-7-31-17(12)5-4-16(14)22/h2-5,9-10,19H,6-8H2,1H3,(H,25,26). The van der Waals surface area contributed by atoms with Crippen LogP contribution < -0.4 is 10.1 Å². The van der Waals surface area contributed by atoms with Crippen LogP contribution in [0.2, 0.25) is 0 Å². The first-order valence-electron chi connectivity index (χ1n) is 9.64. The lowest BCUT2D eigenvalue weighted by atomic mass is 10.0. The van der Waals surface area contributed by atoms with Crippen LogP contribution in [0.5, 0.6) is 5.75 Å². The van der Waals surface area contributed by atoms with E-state index >= 15 is 0 Å². The van der Waals surface area contributed by atoms with Gasteiger partial charge in [-0.25, -0.2) is 18.2 Å². The summed E-state index contributed by atoms with van der Waals surface area (Å²) in [6.07, 6.45) is 0.752. The Balaban J connectivity index is 1.52. The molecule has 0 bridgehead atoms. The van der Waals surface area contributed by atoms with Gasteiger partial charge in [-0.15, -0.1) is 10.2 Å². The zero-order chi connectivity index (χ0) is 21.5. The molecule has 0 unspecified atom stereocenters. The number of hydrogen-bond donors (Lipinski definition) is 1. The lowest BCUT2D eigenvalue weighted by Crippen LogP contribution is -2.10. The number of anilines is 1. The number of hydrogen-bond acceptors (Lipinski definition) is 6. The Morgan fingerprint density at radius 1 is 1.19 bits per heavy atom. The fraction of sp³-hybridized carbons (Fsp3) is 0.238.